The van der Waals surface area contributed by atoms with Gasteiger partial charge in [0.05, 0.1) is 0 Å². The van der Waals surface area contributed by atoms with Crippen LogP contribution in [-0.2, 0) is 27.2 Å². The lowest BCUT2D eigenvalue weighted by atomic mass is 10.4. The summed E-state index contributed by atoms with van der Waals surface area (Å²) in [6, 6.07) is -1.03. The van der Waals surface area contributed by atoms with E-state index in [1.807, 2.05) is 0 Å². The molecule has 2 atom stereocenters. The second kappa shape index (κ2) is 16.9. The molecular weight excluding hydrogens is 808 g/mol. The zero-order valence-corrected chi connectivity index (χ0v) is 30.0. The Balaban J connectivity index is 5.89. The van der Waals surface area contributed by atoms with Crippen molar-refractivity contribution in [2.24, 2.45) is 0 Å². The highest BCUT2D eigenvalue weighted by molar-refractivity contribution is 7.55. The topological polar surface area (TPSA) is 112 Å². The molecule has 0 fully saturated rings. The predicted octanol–water partition coefficient (Wildman–Crippen LogP) is 9.69. The van der Waals surface area contributed by atoms with Gasteiger partial charge >= 0.3 is 21.2 Å². The Kier molecular flexibility index (Phi) is 18.3. The average molecular weight is 830 g/mol. The first kappa shape index (κ1) is 41.0. The van der Waals surface area contributed by atoms with Crippen LogP contribution in [0.4, 0.5) is 4.79 Å². The average Bonchev–Trinajstić information content (AvgIpc) is 2.73. The molecular formula is C15H22Cl12N2O7P2. The smallest absolute Gasteiger partial charge is 0.324 e. The number of carbonyl (C=O) groups is 1. The van der Waals surface area contributed by atoms with Gasteiger partial charge in [-0.15, -0.1) is 0 Å². The van der Waals surface area contributed by atoms with Crippen LogP contribution < -0.4 is 10.6 Å². The van der Waals surface area contributed by atoms with Crippen LogP contribution >= 0.6 is 154 Å². The van der Waals surface area contributed by atoms with Crippen LogP contribution in [0.5, 0.6) is 0 Å². The molecule has 0 radical (unpaired) electrons. The molecule has 0 aromatic carbocycles. The normalized spacial score (nSPS) is 15.7. The first-order valence-electron chi connectivity index (χ1n) is 9.96. The molecule has 23 heteroatoms. The van der Waals surface area contributed by atoms with Gasteiger partial charge in [-0.1, -0.05) is 153 Å². The summed E-state index contributed by atoms with van der Waals surface area (Å²) < 4.78 is 39.9. The molecule has 0 aliphatic rings. The van der Waals surface area contributed by atoms with Crippen LogP contribution in [0.3, 0.4) is 0 Å². The third-order valence-corrected chi connectivity index (χ3v) is 9.55. The molecule has 9 nitrogen and oxygen atoms in total. The van der Waals surface area contributed by atoms with Gasteiger partial charge in [0.15, 0.2) is 0 Å². The van der Waals surface area contributed by atoms with Crippen molar-refractivity contribution in [3.63, 3.8) is 0 Å². The molecule has 2 unspecified atom stereocenters. The van der Waals surface area contributed by atoms with Gasteiger partial charge in [-0.2, -0.15) is 0 Å². The van der Waals surface area contributed by atoms with Crippen LogP contribution in [0, 0.1) is 0 Å². The fraction of sp³-hybridized carbons (Fsp3) is 0.933. The number of hydrogen-bond acceptors (Lipinski definition) is 7. The van der Waals surface area contributed by atoms with Crippen molar-refractivity contribution >= 4 is 160 Å². The van der Waals surface area contributed by atoms with Crippen LogP contribution in [0.25, 0.3) is 0 Å². The monoisotopic (exact) mass is 824 g/mol. The van der Waals surface area contributed by atoms with Crippen molar-refractivity contribution < 1.29 is 32.0 Å². The summed E-state index contributed by atoms with van der Waals surface area (Å²) in [4.78, 5) is 12.9. The molecule has 0 rings (SSSR count). The number of alkyl halides is 12. The Labute approximate surface area is 280 Å². The van der Waals surface area contributed by atoms with Crippen molar-refractivity contribution in [3.05, 3.63) is 0 Å². The van der Waals surface area contributed by atoms with E-state index in [4.69, 9.17) is 157 Å². The summed E-state index contributed by atoms with van der Waals surface area (Å²) in [6.07, 6.45) is -0.0984. The molecule has 0 aliphatic heterocycles. The van der Waals surface area contributed by atoms with Gasteiger partial charge in [0.25, 0.3) is 0 Å². The third kappa shape index (κ3) is 18.7. The number of amides is 2. The molecule has 0 saturated carbocycles. The highest BCUT2D eigenvalue weighted by Gasteiger charge is 2.43. The largest absolute Gasteiger partial charge is 0.353 e. The van der Waals surface area contributed by atoms with E-state index in [1.165, 1.54) is 13.8 Å². The Morgan fingerprint density at radius 3 is 0.947 bits per heavy atom. The molecule has 2 N–H and O–H groups in total. The SMILES string of the molecule is CCC(NC(=O)NC(CC)P(=O)(OCC(Cl)(Cl)Cl)OCC(Cl)(Cl)Cl)P(=O)(OCC(Cl)(Cl)Cl)OCC(Cl)(Cl)Cl. The molecule has 0 bridgehead atoms. The number of rotatable bonds is 14. The lowest BCUT2D eigenvalue weighted by molar-refractivity contribution is 0.189. The van der Waals surface area contributed by atoms with Crippen molar-refractivity contribution in [2.75, 3.05) is 26.4 Å². The summed E-state index contributed by atoms with van der Waals surface area (Å²) in [5, 5.41) is 4.70. The number of carbonyl (C=O) groups excluding carboxylic acids is 1. The number of halogens is 12. The minimum Gasteiger partial charge on any atom is -0.324 e. The maximum absolute atomic E-state index is 13.5. The van der Waals surface area contributed by atoms with Gasteiger partial charge in [0.2, 0.25) is 15.2 Å². The Morgan fingerprint density at radius 2 is 0.789 bits per heavy atom. The lowest BCUT2D eigenvalue weighted by Crippen LogP contribution is -2.47. The zero-order chi connectivity index (χ0) is 30.2. The predicted molar refractivity (Wildman–Crippen MR) is 160 cm³/mol. The van der Waals surface area contributed by atoms with Crippen LogP contribution in [-0.4, -0.2) is 59.2 Å². The van der Waals surface area contributed by atoms with Gasteiger partial charge in [0, 0.05) is 0 Å². The first-order valence-corrected chi connectivity index (χ1v) is 17.7. The second-order valence-electron chi connectivity index (χ2n) is 7.10. The van der Waals surface area contributed by atoms with Gasteiger partial charge in [-0.05, 0) is 12.8 Å². The summed E-state index contributed by atoms with van der Waals surface area (Å²) >= 11 is 68.2. The van der Waals surface area contributed by atoms with E-state index in [0.29, 0.717) is 0 Å². The Bertz CT molecular complexity index is 738. The molecule has 0 aromatic heterocycles. The molecule has 0 spiro atoms. The van der Waals surface area contributed by atoms with E-state index in [1.54, 1.807) is 0 Å². The summed E-state index contributed by atoms with van der Waals surface area (Å²) in [6.45, 7) is 0.194. The minimum absolute atomic E-state index is 0.0492. The van der Waals surface area contributed by atoms with Crippen molar-refractivity contribution in [1.82, 2.24) is 10.6 Å². The fourth-order valence-corrected chi connectivity index (χ4v) is 7.62. The number of hydrogen-bond donors (Lipinski definition) is 2. The Morgan fingerprint density at radius 1 is 0.579 bits per heavy atom. The van der Waals surface area contributed by atoms with Crippen molar-refractivity contribution in [2.45, 2.75) is 53.4 Å². The number of nitrogens with one attached hydrogen (secondary N) is 2. The van der Waals surface area contributed by atoms with Gasteiger partial charge < -0.3 is 28.7 Å². The maximum atomic E-state index is 13.5. The summed E-state index contributed by atoms with van der Waals surface area (Å²) in [7, 11) is -8.71. The van der Waals surface area contributed by atoms with E-state index >= 15 is 0 Å². The molecule has 0 saturated heterocycles. The number of urea groups is 1. The van der Waals surface area contributed by atoms with Crippen LogP contribution in [0.2, 0.25) is 0 Å². The molecule has 0 heterocycles. The first-order chi connectivity index (χ1) is 16.8. The van der Waals surface area contributed by atoms with Crippen molar-refractivity contribution in [3.8, 4) is 0 Å². The highest BCUT2D eigenvalue weighted by Crippen LogP contribution is 2.57. The van der Waals surface area contributed by atoms with Gasteiger partial charge in [0.1, 0.15) is 38.0 Å². The minimum atomic E-state index is -4.35. The van der Waals surface area contributed by atoms with Crippen LogP contribution in [0.15, 0.2) is 0 Å². The summed E-state index contributed by atoms with van der Waals surface area (Å²) in [5.41, 5.74) is 0. The molecule has 228 valence electrons. The quantitative estimate of drug-likeness (QED) is 0.133. The van der Waals surface area contributed by atoms with Gasteiger partial charge in [-0.25, -0.2) is 4.79 Å². The second-order valence-corrected chi connectivity index (χ2v) is 21.6. The molecule has 0 aliphatic carbocycles. The van der Waals surface area contributed by atoms with Gasteiger partial charge in [-0.3, -0.25) is 9.13 Å². The third-order valence-electron chi connectivity index (χ3n) is 3.76. The Hall–Kier alpha value is 3.05. The van der Waals surface area contributed by atoms with Crippen LogP contribution in [0.1, 0.15) is 26.7 Å². The summed E-state index contributed by atoms with van der Waals surface area (Å²) in [5.74, 6) is -2.74. The highest BCUT2D eigenvalue weighted by atomic mass is 35.6. The molecule has 38 heavy (non-hydrogen) atoms. The molecule has 2 amide bonds. The van der Waals surface area contributed by atoms with E-state index in [0.717, 1.165) is 0 Å². The standard InChI is InChI=1S/C15H22Cl12N2O7P2/c1-3-9(37(31,33-5-12(16,17)18)34-6-13(19,20)21)28-11(30)29-10(4-2)38(32,35-7-14(22,23)24)36-8-15(25,26)27/h9-10H,3-8H2,1-2H3,(H2,28,29,30). The van der Waals surface area contributed by atoms with E-state index in [9.17, 15) is 13.9 Å². The molecule has 0 aromatic rings. The fourth-order valence-electron chi connectivity index (χ4n) is 2.24. The van der Waals surface area contributed by atoms with E-state index in [2.05, 4.69) is 10.6 Å². The lowest BCUT2D eigenvalue weighted by Gasteiger charge is -2.31. The van der Waals surface area contributed by atoms with E-state index in [-0.39, 0.29) is 12.8 Å². The zero-order valence-electron chi connectivity index (χ0n) is 19.2. The maximum Gasteiger partial charge on any atom is 0.353 e. The van der Waals surface area contributed by atoms with Crippen molar-refractivity contribution in [1.29, 1.82) is 0 Å². The van der Waals surface area contributed by atoms with E-state index < -0.39 is 74.4 Å².